The zero-order chi connectivity index (χ0) is 18.4. The SMILES string of the molecule is COc1ccc(C(=O)N2CCCN(C(=O)Oc3ccccc3)CC2)cc1. The number of carbonyl (C=O) groups excluding carboxylic acids is 2. The van der Waals surface area contributed by atoms with Crippen LogP contribution in [0, 0.1) is 0 Å². The molecule has 1 saturated heterocycles. The first-order valence-electron chi connectivity index (χ1n) is 8.62. The Bertz CT molecular complexity index is 746. The minimum atomic E-state index is -0.380. The van der Waals surface area contributed by atoms with Gasteiger partial charge in [-0.05, 0) is 42.8 Å². The smallest absolute Gasteiger partial charge is 0.415 e. The molecule has 136 valence electrons. The average molecular weight is 354 g/mol. The number of hydrogen-bond donors (Lipinski definition) is 0. The van der Waals surface area contributed by atoms with Gasteiger partial charge in [0.05, 0.1) is 7.11 Å². The molecule has 1 aliphatic rings. The number of methoxy groups -OCH3 is 1. The van der Waals surface area contributed by atoms with E-state index in [1.807, 2.05) is 18.2 Å². The summed E-state index contributed by atoms with van der Waals surface area (Å²) in [6.07, 6.45) is 0.334. The van der Waals surface area contributed by atoms with Gasteiger partial charge in [0.15, 0.2) is 0 Å². The molecule has 0 atom stereocenters. The Morgan fingerprint density at radius 3 is 2.15 bits per heavy atom. The molecule has 0 spiro atoms. The highest BCUT2D eigenvalue weighted by Crippen LogP contribution is 2.15. The zero-order valence-electron chi connectivity index (χ0n) is 14.8. The van der Waals surface area contributed by atoms with Crippen molar-refractivity contribution in [3.63, 3.8) is 0 Å². The minimum Gasteiger partial charge on any atom is -0.497 e. The summed E-state index contributed by atoms with van der Waals surface area (Å²) in [5, 5.41) is 0. The summed E-state index contributed by atoms with van der Waals surface area (Å²) < 4.78 is 10.5. The van der Waals surface area contributed by atoms with Crippen LogP contribution in [0.15, 0.2) is 54.6 Å². The van der Waals surface area contributed by atoms with Crippen molar-refractivity contribution in [2.45, 2.75) is 6.42 Å². The van der Waals surface area contributed by atoms with Crippen LogP contribution in [-0.4, -0.2) is 55.1 Å². The molecule has 0 unspecified atom stereocenters. The highest BCUT2D eigenvalue weighted by atomic mass is 16.6. The third-order valence-electron chi connectivity index (χ3n) is 4.33. The Hall–Kier alpha value is -3.02. The second-order valence-electron chi connectivity index (χ2n) is 6.04. The Morgan fingerprint density at radius 1 is 0.808 bits per heavy atom. The molecule has 6 nitrogen and oxygen atoms in total. The quantitative estimate of drug-likeness (QED) is 0.850. The van der Waals surface area contributed by atoms with E-state index in [0.29, 0.717) is 49.7 Å². The van der Waals surface area contributed by atoms with E-state index in [2.05, 4.69) is 0 Å². The molecule has 0 aromatic heterocycles. The largest absolute Gasteiger partial charge is 0.497 e. The fraction of sp³-hybridized carbons (Fsp3) is 0.300. The van der Waals surface area contributed by atoms with Gasteiger partial charge in [-0.15, -0.1) is 0 Å². The van der Waals surface area contributed by atoms with Gasteiger partial charge in [-0.3, -0.25) is 4.79 Å². The van der Waals surface area contributed by atoms with Crippen LogP contribution in [0.5, 0.6) is 11.5 Å². The number of nitrogens with zero attached hydrogens (tertiary/aromatic N) is 2. The normalized spacial score (nSPS) is 14.5. The van der Waals surface area contributed by atoms with Crippen LogP contribution < -0.4 is 9.47 Å². The number of benzene rings is 2. The van der Waals surface area contributed by atoms with E-state index in [-0.39, 0.29) is 12.0 Å². The lowest BCUT2D eigenvalue weighted by molar-refractivity contribution is 0.0760. The van der Waals surface area contributed by atoms with Crippen molar-refractivity contribution in [2.75, 3.05) is 33.3 Å². The molecule has 1 fully saturated rings. The van der Waals surface area contributed by atoms with Crippen LogP contribution in [0.2, 0.25) is 0 Å². The molecular weight excluding hydrogens is 332 g/mol. The van der Waals surface area contributed by atoms with E-state index >= 15 is 0 Å². The lowest BCUT2D eigenvalue weighted by Gasteiger charge is -2.22. The molecule has 2 aromatic rings. The van der Waals surface area contributed by atoms with Crippen molar-refractivity contribution in [3.05, 3.63) is 60.2 Å². The third-order valence-corrected chi connectivity index (χ3v) is 4.33. The van der Waals surface area contributed by atoms with Gasteiger partial charge in [0.1, 0.15) is 11.5 Å². The molecule has 0 radical (unpaired) electrons. The topological polar surface area (TPSA) is 59.1 Å². The van der Waals surface area contributed by atoms with Crippen LogP contribution in [0.4, 0.5) is 4.79 Å². The fourth-order valence-corrected chi connectivity index (χ4v) is 2.87. The molecule has 0 saturated carbocycles. The molecule has 26 heavy (non-hydrogen) atoms. The van der Waals surface area contributed by atoms with Gasteiger partial charge in [0.2, 0.25) is 0 Å². The maximum atomic E-state index is 12.7. The van der Waals surface area contributed by atoms with Gasteiger partial charge in [-0.25, -0.2) is 4.79 Å². The van der Waals surface area contributed by atoms with E-state index in [1.165, 1.54) is 0 Å². The van der Waals surface area contributed by atoms with Gasteiger partial charge in [0.25, 0.3) is 5.91 Å². The Labute approximate surface area is 152 Å². The summed E-state index contributed by atoms with van der Waals surface area (Å²) in [4.78, 5) is 28.4. The van der Waals surface area contributed by atoms with Crippen LogP contribution in [0.3, 0.4) is 0 Å². The molecule has 0 aliphatic carbocycles. The molecule has 2 amide bonds. The van der Waals surface area contributed by atoms with Crippen molar-refractivity contribution in [1.29, 1.82) is 0 Å². The number of para-hydroxylation sites is 1. The fourth-order valence-electron chi connectivity index (χ4n) is 2.87. The van der Waals surface area contributed by atoms with Crippen LogP contribution >= 0.6 is 0 Å². The van der Waals surface area contributed by atoms with E-state index < -0.39 is 0 Å². The number of hydrogen-bond acceptors (Lipinski definition) is 4. The lowest BCUT2D eigenvalue weighted by atomic mass is 10.2. The number of ether oxygens (including phenoxy) is 2. The third kappa shape index (κ3) is 4.33. The van der Waals surface area contributed by atoms with E-state index in [1.54, 1.807) is 53.3 Å². The maximum Gasteiger partial charge on any atom is 0.415 e. The average Bonchev–Trinajstić information content (AvgIpc) is 2.94. The first-order valence-corrected chi connectivity index (χ1v) is 8.62. The summed E-state index contributed by atoms with van der Waals surface area (Å²) in [7, 11) is 1.59. The van der Waals surface area contributed by atoms with Crippen molar-refractivity contribution in [2.24, 2.45) is 0 Å². The summed E-state index contributed by atoms with van der Waals surface area (Å²) in [6.45, 7) is 2.11. The number of carbonyl (C=O) groups is 2. The van der Waals surface area contributed by atoms with Crippen molar-refractivity contribution < 1.29 is 19.1 Å². The molecule has 1 aliphatic heterocycles. The van der Waals surface area contributed by atoms with E-state index in [0.717, 1.165) is 0 Å². The van der Waals surface area contributed by atoms with Crippen molar-refractivity contribution in [3.8, 4) is 11.5 Å². The standard InChI is InChI=1S/C20H22N2O4/c1-25-17-10-8-16(9-11-17)19(23)21-12-5-13-22(15-14-21)20(24)26-18-6-3-2-4-7-18/h2-4,6-11H,5,12-15H2,1H3. The number of rotatable bonds is 3. The van der Waals surface area contributed by atoms with E-state index in [4.69, 9.17) is 9.47 Å². The first kappa shape index (κ1) is 17.8. The predicted molar refractivity (Wildman–Crippen MR) is 97.6 cm³/mol. The second kappa shape index (κ2) is 8.38. The molecular formula is C20H22N2O4. The van der Waals surface area contributed by atoms with Gasteiger partial charge >= 0.3 is 6.09 Å². The van der Waals surface area contributed by atoms with Crippen molar-refractivity contribution >= 4 is 12.0 Å². The highest BCUT2D eigenvalue weighted by Gasteiger charge is 2.24. The summed E-state index contributed by atoms with van der Waals surface area (Å²) >= 11 is 0. The van der Waals surface area contributed by atoms with Crippen LogP contribution in [-0.2, 0) is 0 Å². The summed E-state index contributed by atoms with van der Waals surface area (Å²) in [5.41, 5.74) is 0.617. The van der Waals surface area contributed by atoms with E-state index in [9.17, 15) is 9.59 Å². The number of amides is 2. The monoisotopic (exact) mass is 354 g/mol. The molecule has 6 heteroatoms. The van der Waals surface area contributed by atoms with Crippen LogP contribution in [0.1, 0.15) is 16.8 Å². The predicted octanol–water partition coefficient (Wildman–Crippen LogP) is 3.04. The van der Waals surface area contributed by atoms with Gasteiger partial charge in [-0.2, -0.15) is 0 Å². The minimum absolute atomic E-state index is 0.0362. The van der Waals surface area contributed by atoms with Gasteiger partial charge < -0.3 is 19.3 Å². The summed E-state index contributed by atoms with van der Waals surface area (Å²) in [5.74, 6) is 1.20. The Balaban J connectivity index is 1.58. The van der Waals surface area contributed by atoms with Gasteiger partial charge in [-0.1, -0.05) is 18.2 Å². The molecule has 2 aromatic carbocycles. The molecule has 0 bridgehead atoms. The first-order chi connectivity index (χ1) is 12.7. The molecule has 3 rings (SSSR count). The van der Waals surface area contributed by atoms with Crippen molar-refractivity contribution in [1.82, 2.24) is 9.80 Å². The van der Waals surface area contributed by atoms with Gasteiger partial charge in [0, 0.05) is 31.7 Å². The lowest BCUT2D eigenvalue weighted by Crippen LogP contribution is -2.38. The maximum absolute atomic E-state index is 12.7. The Morgan fingerprint density at radius 2 is 1.46 bits per heavy atom. The second-order valence-corrected chi connectivity index (χ2v) is 6.04. The van der Waals surface area contributed by atoms with Crippen LogP contribution in [0.25, 0.3) is 0 Å². The molecule has 1 heterocycles. The molecule has 0 N–H and O–H groups in total. The Kier molecular flexibility index (Phi) is 5.73. The highest BCUT2D eigenvalue weighted by molar-refractivity contribution is 5.94. The zero-order valence-corrected chi connectivity index (χ0v) is 14.8. The summed E-state index contributed by atoms with van der Waals surface area (Å²) in [6, 6.07) is 16.1.